The van der Waals surface area contributed by atoms with Crippen molar-refractivity contribution < 1.29 is 22.7 Å². The van der Waals surface area contributed by atoms with E-state index in [2.05, 4.69) is 0 Å². The molecule has 2 unspecified atom stereocenters. The molecule has 0 aliphatic carbocycles. The lowest BCUT2D eigenvalue weighted by Gasteiger charge is -2.12. The summed E-state index contributed by atoms with van der Waals surface area (Å²) in [5.74, 6) is -0.370. The number of benzene rings is 1. The van der Waals surface area contributed by atoms with Gasteiger partial charge in [-0.3, -0.25) is 4.79 Å². The van der Waals surface area contributed by atoms with Crippen molar-refractivity contribution >= 4 is 5.78 Å². The first-order valence-corrected chi connectivity index (χ1v) is 5.75. The first-order valence-electron chi connectivity index (χ1n) is 5.75. The van der Waals surface area contributed by atoms with Crippen LogP contribution in [0.15, 0.2) is 24.3 Å². The minimum Gasteiger partial charge on any atom is -0.367 e. The highest BCUT2D eigenvalue weighted by molar-refractivity contribution is 5.99. The number of halogens is 3. The highest BCUT2D eigenvalue weighted by Gasteiger charge is 2.33. The minimum atomic E-state index is -4.43. The predicted molar refractivity (Wildman–Crippen MR) is 59.3 cm³/mol. The van der Waals surface area contributed by atoms with Crippen LogP contribution in [-0.2, 0) is 10.9 Å². The van der Waals surface area contributed by atoms with Gasteiger partial charge in [0.25, 0.3) is 0 Å². The highest BCUT2D eigenvalue weighted by Crippen LogP contribution is 2.30. The second-order valence-electron chi connectivity index (χ2n) is 4.46. The van der Waals surface area contributed by atoms with Gasteiger partial charge in [-0.05, 0) is 31.9 Å². The van der Waals surface area contributed by atoms with Crippen molar-refractivity contribution in [3.63, 3.8) is 0 Å². The molecule has 1 aromatic rings. The largest absolute Gasteiger partial charge is 0.416 e. The molecule has 2 nitrogen and oxygen atoms in total. The fraction of sp³-hybridized carbons (Fsp3) is 0.462. The average Bonchev–Trinajstić information content (AvgIpc) is 2.74. The number of rotatable bonds is 2. The Balaban J connectivity index is 2.21. The molecule has 0 radical (unpaired) electrons. The maximum absolute atomic E-state index is 12.5. The molecule has 1 heterocycles. The Bertz CT molecular complexity index is 454. The molecule has 1 aromatic carbocycles. The van der Waals surface area contributed by atoms with Crippen LogP contribution < -0.4 is 0 Å². The summed E-state index contributed by atoms with van der Waals surface area (Å²) < 4.78 is 43.0. The summed E-state index contributed by atoms with van der Waals surface area (Å²) in [5, 5.41) is 0. The first kappa shape index (κ1) is 13.1. The summed E-state index contributed by atoms with van der Waals surface area (Å²) in [6.45, 7) is 1.85. The molecule has 2 rings (SSSR count). The van der Waals surface area contributed by atoms with Gasteiger partial charge in [-0.2, -0.15) is 13.2 Å². The van der Waals surface area contributed by atoms with E-state index < -0.39 is 17.8 Å². The molecule has 5 heteroatoms. The van der Waals surface area contributed by atoms with Crippen molar-refractivity contribution in [1.82, 2.24) is 0 Å². The van der Waals surface area contributed by atoms with Crippen LogP contribution in [0.1, 0.15) is 35.7 Å². The molecule has 98 valence electrons. The van der Waals surface area contributed by atoms with E-state index in [1.165, 1.54) is 12.1 Å². The van der Waals surface area contributed by atoms with Crippen LogP contribution in [0.2, 0.25) is 0 Å². The van der Waals surface area contributed by atoms with Crippen molar-refractivity contribution in [3.8, 4) is 0 Å². The number of hydrogen-bond acceptors (Lipinski definition) is 2. The summed E-state index contributed by atoms with van der Waals surface area (Å²) in [7, 11) is 0. The lowest BCUT2D eigenvalue weighted by Crippen LogP contribution is -2.21. The Morgan fingerprint density at radius 1 is 1.33 bits per heavy atom. The molecule has 0 N–H and O–H groups in total. The normalized spacial score (nSPS) is 24.2. The topological polar surface area (TPSA) is 26.3 Å². The van der Waals surface area contributed by atoms with Crippen LogP contribution in [0.3, 0.4) is 0 Å². The number of Topliss-reactive ketones (excluding diaryl/α,β-unsaturated/α-hetero) is 1. The van der Waals surface area contributed by atoms with Gasteiger partial charge < -0.3 is 4.74 Å². The molecule has 0 amide bonds. The standard InChI is InChI=1S/C13H13F3O2/c1-8-5-6-11(18-8)12(17)9-3-2-4-10(7-9)13(14,15)16/h2-4,7-8,11H,5-6H2,1H3. The van der Waals surface area contributed by atoms with Crippen LogP contribution >= 0.6 is 0 Å². The van der Waals surface area contributed by atoms with E-state index in [1.54, 1.807) is 0 Å². The summed E-state index contributed by atoms with van der Waals surface area (Å²) in [6, 6.07) is 4.47. The van der Waals surface area contributed by atoms with E-state index in [0.29, 0.717) is 6.42 Å². The molecule has 1 saturated heterocycles. The zero-order valence-corrected chi connectivity index (χ0v) is 9.83. The summed E-state index contributed by atoms with van der Waals surface area (Å²) in [6.07, 6.45) is -3.72. The van der Waals surface area contributed by atoms with Crippen LogP contribution in [0, 0.1) is 0 Å². The third-order valence-corrected chi connectivity index (χ3v) is 3.00. The van der Waals surface area contributed by atoms with Gasteiger partial charge in [0.2, 0.25) is 0 Å². The molecule has 0 saturated carbocycles. The molecule has 0 spiro atoms. The van der Waals surface area contributed by atoms with E-state index in [0.717, 1.165) is 18.6 Å². The molecular weight excluding hydrogens is 245 g/mol. The van der Waals surface area contributed by atoms with Crippen molar-refractivity contribution in [2.45, 2.75) is 38.1 Å². The SMILES string of the molecule is CC1CCC(C(=O)c2cccc(C(F)(F)F)c2)O1. The second-order valence-corrected chi connectivity index (χ2v) is 4.46. The number of hydrogen-bond donors (Lipinski definition) is 0. The van der Waals surface area contributed by atoms with Gasteiger partial charge in [0.1, 0.15) is 6.10 Å². The third kappa shape index (κ3) is 2.72. The second kappa shape index (κ2) is 4.72. The Hall–Kier alpha value is -1.36. The Morgan fingerprint density at radius 2 is 2.06 bits per heavy atom. The number of carbonyl (C=O) groups is 1. The fourth-order valence-electron chi connectivity index (χ4n) is 2.03. The number of ketones is 1. The molecular formula is C13H13F3O2. The quantitative estimate of drug-likeness (QED) is 0.759. The van der Waals surface area contributed by atoms with Gasteiger partial charge in [-0.15, -0.1) is 0 Å². The van der Waals surface area contributed by atoms with Gasteiger partial charge in [-0.1, -0.05) is 12.1 Å². The summed E-state index contributed by atoms with van der Waals surface area (Å²) in [5.41, 5.74) is -0.747. The lowest BCUT2D eigenvalue weighted by atomic mass is 10.0. The van der Waals surface area contributed by atoms with Crippen molar-refractivity contribution in [2.75, 3.05) is 0 Å². The Morgan fingerprint density at radius 3 is 2.61 bits per heavy atom. The van der Waals surface area contributed by atoms with Crippen LogP contribution in [0.25, 0.3) is 0 Å². The zero-order chi connectivity index (χ0) is 13.3. The maximum atomic E-state index is 12.5. The van der Waals surface area contributed by atoms with E-state index >= 15 is 0 Å². The zero-order valence-electron chi connectivity index (χ0n) is 9.83. The van der Waals surface area contributed by atoms with Gasteiger partial charge in [-0.25, -0.2) is 0 Å². The van der Waals surface area contributed by atoms with E-state index in [-0.39, 0.29) is 17.5 Å². The van der Waals surface area contributed by atoms with Gasteiger partial charge in [0, 0.05) is 5.56 Å². The minimum absolute atomic E-state index is 0.00949. The molecule has 1 aliphatic heterocycles. The van der Waals surface area contributed by atoms with Crippen molar-refractivity contribution in [3.05, 3.63) is 35.4 Å². The fourth-order valence-corrected chi connectivity index (χ4v) is 2.03. The molecule has 1 fully saturated rings. The van der Waals surface area contributed by atoms with E-state index in [4.69, 9.17) is 4.74 Å². The number of ether oxygens (including phenoxy) is 1. The molecule has 18 heavy (non-hydrogen) atoms. The Kier molecular flexibility index (Phi) is 3.43. The summed E-state index contributed by atoms with van der Waals surface area (Å²) in [4.78, 5) is 12.0. The Labute approximate surface area is 103 Å². The van der Waals surface area contributed by atoms with Crippen molar-refractivity contribution in [2.24, 2.45) is 0 Å². The van der Waals surface area contributed by atoms with E-state index in [1.807, 2.05) is 6.92 Å². The monoisotopic (exact) mass is 258 g/mol. The van der Waals surface area contributed by atoms with Gasteiger partial charge in [0.15, 0.2) is 5.78 Å². The molecule has 0 aromatic heterocycles. The van der Waals surface area contributed by atoms with Gasteiger partial charge >= 0.3 is 6.18 Å². The van der Waals surface area contributed by atoms with Gasteiger partial charge in [0.05, 0.1) is 11.7 Å². The third-order valence-electron chi connectivity index (χ3n) is 3.00. The van der Waals surface area contributed by atoms with Crippen LogP contribution in [-0.4, -0.2) is 18.0 Å². The number of carbonyl (C=O) groups excluding carboxylic acids is 1. The first-order chi connectivity index (χ1) is 8.38. The molecule has 1 aliphatic rings. The maximum Gasteiger partial charge on any atom is 0.416 e. The highest BCUT2D eigenvalue weighted by atomic mass is 19.4. The van der Waals surface area contributed by atoms with Crippen molar-refractivity contribution in [1.29, 1.82) is 0 Å². The van der Waals surface area contributed by atoms with E-state index in [9.17, 15) is 18.0 Å². The molecule has 0 bridgehead atoms. The van der Waals surface area contributed by atoms with Crippen LogP contribution in [0.5, 0.6) is 0 Å². The summed E-state index contributed by atoms with van der Waals surface area (Å²) >= 11 is 0. The number of alkyl halides is 3. The average molecular weight is 258 g/mol. The lowest BCUT2D eigenvalue weighted by molar-refractivity contribution is -0.137. The van der Waals surface area contributed by atoms with Crippen LogP contribution in [0.4, 0.5) is 13.2 Å². The smallest absolute Gasteiger partial charge is 0.367 e. The molecule has 2 atom stereocenters. The predicted octanol–water partition coefficient (Wildman–Crippen LogP) is 3.46.